The standard InChI is InChI=1S/C32H34Cl2N4O3S/c1-5-41-25-10-11-27(34)30(18-25)38(20-39)29(16-21(2)3)26(32(40)37-14-12-35-13-15-37)17-22(4)31-36-28(19-42-31)23-6-8-24(33)9-7-23/h6-11,16-20,35H,5,12-15H2,1-4H3/b22-17+,29-26+. The van der Waals surface area contributed by atoms with E-state index in [2.05, 4.69) is 5.32 Å². The molecule has 1 fully saturated rings. The van der Waals surface area contributed by atoms with Gasteiger partial charge in [0.05, 0.1) is 34.3 Å². The SMILES string of the molecule is CCOc1ccc(Cl)c(N(C=O)/C(C=C(C)C)=C(\C=C(/C)c2nc(-c3ccc(Cl)cc3)cs2)C(=O)N2CCNCC2)c1. The number of rotatable bonds is 10. The molecule has 2 amide bonds. The van der Waals surface area contributed by atoms with Crippen LogP contribution in [0.2, 0.25) is 10.0 Å². The van der Waals surface area contributed by atoms with E-state index in [9.17, 15) is 9.59 Å². The number of carbonyl (C=O) groups excluding carboxylic acids is 2. The number of anilines is 1. The smallest absolute Gasteiger partial charge is 0.256 e. The largest absolute Gasteiger partial charge is 0.494 e. The van der Waals surface area contributed by atoms with Gasteiger partial charge in [-0.1, -0.05) is 40.9 Å². The van der Waals surface area contributed by atoms with Crippen LogP contribution < -0.4 is 15.0 Å². The number of amides is 2. The van der Waals surface area contributed by atoms with Gasteiger partial charge in [0, 0.05) is 48.2 Å². The zero-order valence-corrected chi connectivity index (χ0v) is 26.4. The van der Waals surface area contributed by atoms with E-state index in [0.29, 0.717) is 71.9 Å². The summed E-state index contributed by atoms with van der Waals surface area (Å²) >= 11 is 14.2. The van der Waals surface area contributed by atoms with Gasteiger partial charge in [0.1, 0.15) is 10.8 Å². The summed E-state index contributed by atoms with van der Waals surface area (Å²) in [7, 11) is 0. The second-order valence-corrected chi connectivity index (χ2v) is 11.7. The van der Waals surface area contributed by atoms with Crippen LogP contribution in [0, 0.1) is 0 Å². The molecule has 0 saturated carbocycles. The summed E-state index contributed by atoms with van der Waals surface area (Å²) in [5, 5.41) is 7.04. The fourth-order valence-corrected chi connectivity index (χ4v) is 5.64. The second-order valence-electron chi connectivity index (χ2n) is 9.96. The third-order valence-corrected chi connectivity index (χ3v) is 8.08. The highest BCUT2D eigenvalue weighted by molar-refractivity contribution is 7.11. The van der Waals surface area contributed by atoms with Crippen LogP contribution in [0.4, 0.5) is 5.69 Å². The first-order chi connectivity index (χ1) is 20.2. The maximum Gasteiger partial charge on any atom is 0.256 e. The van der Waals surface area contributed by atoms with Crippen molar-refractivity contribution in [2.24, 2.45) is 0 Å². The molecule has 0 atom stereocenters. The molecule has 7 nitrogen and oxygen atoms in total. The first-order valence-electron chi connectivity index (χ1n) is 13.7. The number of piperazine rings is 1. The molecule has 0 bridgehead atoms. The zero-order valence-electron chi connectivity index (χ0n) is 24.1. The summed E-state index contributed by atoms with van der Waals surface area (Å²) in [6.07, 6.45) is 4.33. The maximum absolute atomic E-state index is 14.2. The first-order valence-corrected chi connectivity index (χ1v) is 15.3. The summed E-state index contributed by atoms with van der Waals surface area (Å²) in [5.74, 6) is 0.390. The first kappa shape index (κ1) is 31.5. The molecule has 10 heteroatoms. The molecular weight excluding hydrogens is 591 g/mol. The Bertz CT molecular complexity index is 1520. The van der Waals surface area contributed by atoms with Gasteiger partial charge in [-0.05, 0) is 69.7 Å². The van der Waals surface area contributed by atoms with Crippen LogP contribution in [-0.2, 0) is 9.59 Å². The number of thiazole rings is 1. The Morgan fingerprint density at radius 1 is 1.10 bits per heavy atom. The average molecular weight is 626 g/mol. The van der Waals surface area contributed by atoms with Crippen LogP contribution in [-0.4, -0.2) is 55.0 Å². The molecule has 42 heavy (non-hydrogen) atoms. The summed E-state index contributed by atoms with van der Waals surface area (Å²) in [5.41, 5.74) is 4.66. The number of hydrogen-bond donors (Lipinski definition) is 1. The predicted molar refractivity (Wildman–Crippen MR) is 173 cm³/mol. The fourth-order valence-electron chi connectivity index (χ4n) is 4.50. The molecule has 1 aromatic heterocycles. The minimum Gasteiger partial charge on any atom is -0.494 e. The molecule has 220 valence electrons. The van der Waals surface area contributed by atoms with Crippen molar-refractivity contribution in [3.8, 4) is 17.0 Å². The van der Waals surface area contributed by atoms with E-state index < -0.39 is 0 Å². The van der Waals surface area contributed by atoms with Gasteiger partial charge in [0.15, 0.2) is 0 Å². The highest BCUT2D eigenvalue weighted by Crippen LogP contribution is 2.35. The molecule has 2 heterocycles. The number of carbonyl (C=O) groups is 2. The number of hydrogen-bond acceptors (Lipinski definition) is 6. The summed E-state index contributed by atoms with van der Waals surface area (Å²) in [4.78, 5) is 35.0. The predicted octanol–water partition coefficient (Wildman–Crippen LogP) is 7.23. The lowest BCUT2D eigenvalue weighted by molar-refractivity contribution is -0.127. The zero-order chi connectivity index (χ0) is 30.2. The Morgan fingerprint density at radius 2 is 1.81 bits per heavy atom. The van der Waals surface area contributed by atoms with Gasteiger partial charge < -0.3 is 15.0 Å². The monoisotopic (exact) mass is 624 g/mol. The van der Waals surface area contributed by atoms with Crippen LogP contribution in [0.25, 0.3) is 16.8 Å². The molecule has 1 aliphatic heterocycles. The van der Waals surface area contributed by atoms with Crippen LogP contribution in [0.15, 0.2) is 76.8 Å². The normalized spacial score (nSPS) is 14.2. The molecule has 3 aromatic rings. The number of aromatic nitrogens is 1. The Kier molecular flexibility index (Phi) is 11.0. The minimum atomic E-state index is -0.179. The Balaban J connectivity index is 1.89. The van der Waals surface area contributed by atoms with Crippen molar-refractivity contribution in [2.45, 2.75) is 27.7 Å². The second kappa shape index (κ2) is 14.6. The van der Waals surface area contributed by atoms with E-state index in [-0.39, 0.29) is 5.91 Å². The lowest BCUT2D eigenvalue weighted by atomic mass is 10.0. The summed E-state index contributed by atoms with van der Waals surface area (Å²) in [6.45, 7) is 10.6. The highest BCUT2D eigenvalue weighted by atomic mass is 35.5. The van der Waals surface area contributed by atoms with Gasteiger partial charge in [0.25, 0.3) is 5.91 Å². The van der Waals surface area contributed by atoms with Gasteiger partial charge in [-0.25, -0.2) is 4.98 Å². The van der Waals surface area contributed by atoms with E-state index in [1.54, 1.807) is 23.1 Å². The number of nitrogens with one attached hydrogen (secondary N) is 1. The molecule has 0 radical (unpaired) electrons. The Labute approximate surface area is 261 Å². The molecule has 0 spiro atoms. The van der Waals surface area contributed by atoms with Crippen molar-refractivity contribution in [3.63, 3.8) is 0 Å². The van der Waals surface area contributed by atoms with Gasteiger partial charge in [-0.2, -0.15) is 0 Å². The molecular formula is C32H34Cl2N4O3S. The summed E-state index contributed by atoms with van der Waals surface area (Å²) in [6, 6.07) is 12.7. The third-order valence-electron chi connectivity index (χ3n) is 6.53. The molecule has 1 N–H and O–H groups in total. The van der Waals surface area contributed by atoms with Crippen LogP contribution in [0.5, 0.6) is 5.75 Å². The maximum atomic E-state index is 14.2. The van der Waals surface area contributed by atoms with E-state index in [0.717, 1.165) is 27.4 Å². The van der Waals surface area contributed by atoms with E-state index in [1.165, 1.54) is 16.2 Å². The number of halogens is 2. The van der Waals surface area contributed by atoms with Crippen molar-refractivity contribution >= 4 is 58.1 Å². The van der Waals surface area contributed by atoms with Crippen molar-refractivity contribution in [1.82, 2.24) is 15.2 Å². The average Bonchev–Trinajstić information content (AvgIpc) is 3.48. The molecule has 1 saturated heterocycles. The van der Waals surface area contributed by atoms with Gasteiger partial charge in [0.2, 0.25) is 6.41 Å². The van der Waals surface area contributed by atoms with Crippen molar-refractivity contribution in [2.75, 3.05) is 37.7 Å². The Morgan fingerprint density at radius 3 is 2.45 bits per heavy atom. The minimum absolute atomic E-state index is 0.179. The van der Waals surface area contributed by atoms with E-state index in [4.69, 9.17) is 32.9 Å². The van der Waals surface area contributed by atoms with Crippen LogP contribution in [0.3, 0.4) is 0 Å². The fraction of sp³-hybridized carbons (Fsp3) is 0.281. The third kappa shape index (κ3) is 7.69. The number of ether oxygens (including phenoxy) is 1. The lowest BCUT2D eigenvalue weighted by Gasteiger charge is -2.30. The van der Waals surface area contributed by atoms with Crippen LogP contribution in [0.1, 0.15) is 32.7 Å². The van der Waals surface area contributed by atoms with Crippen LogP contribution >= 0.6 is 34.5 Å². The quantitative estimate of drug-likeness (QED) is 0.146. The molecule has 2 aromatic carbocycles. The van der Waals surface area contributed by atoms with E-state index in [1.807, 2.05) is 69.5 Å². The van der Waals surface area contributed by atoms with Gasteiger partial charge in [-0.3, -0.25) is 14.5 Å². The summed E-state index contributed by atoms with van der Waals surface area (Å²) < 4.78 is 5.69. The number of nitrogens with zero attached hydrogens (tertiary/aromatic N) is 3. The molecule has 4 rings (SSSR count). The Hall–Kier alpha value is -3.43. The van der Waals surface area contributed by atoms with Gasteiger partial charge >= 0.3 is 0 Å². The molecule has 0 unspecified atom stereocenters. The van der Waals surface area contributed by atoms with Gasteiger partial charge in [-0.15, -0.1) is 11.3 Å². The van der Waals surface area contributed by atoms with E-state index >= 15 is 0 Å². The topological polar surface area (TPSA) is 74.8 Å². The number of benzene rings is 2. The number of allylic oxidation sites excluding steroid dienone is 3. The van der Waals surface area contributed by atoms with Crippen molar-refractivity contribution in [1.29, 1.82) is 0 Å². The highest BCUT2D eigenvalue weighted by Gasteiger charge is 2.26. The molecule has 1 aliphatic rings. The molecule has 0 aliphatic carbocycles. The van der Waals surface area contributed by atoms with Crippen molar-refractivity contribution < 1.29 is 14.3 Å². The lowest BCUT2D eigenvalue weighted by Crippen LogP contribution is -2.47. The van der Waals surface area contributed by atoms with Crippen molar-refractivity contribution in [3.05, 3.63) is 91.9 Å².